The van der Waals surface area contributed by atoms with E-state index < -0.39 is 6.04 Å². The Hall–Kier alpha value is -2.49. The van der Waals surface area contributed by atoms with Crippen molar-refractivity contribution in [1.82, 2.24) is 15.1 Å². The molecule has 192 valence electrons. The first kappa shape index (κ1) is 22.7. The minimum atomic E-state index is -0.605. The molecule has 0 aromatic heterocycles. The Morgan fingerprint density at radius 2 is 1.69 bits per heavy atom. The number of hydrogen-bond acceptors (Lipinski definition) is 7. The Balaban J connectivity index is 1.05. The minimum absolute atomic E-state index is 0.0144. The highest BCUT2D eigenvalue weighted by atomic mass is 16.7. The number of benzene rings is 1. The predicted molar refractivity (Wildman–Crippen MR) is 127 cm³/mol. The van der Waals surface area contributed by atoms with Gasteiger partial charge in [0, 0.05) is 47.4 Å². The van der Waals surface area contributed by atoms with Gasteiger partial charge in [-0.15, -0.1) is 0 Å². The number of nitrogens with zero attached hydrogens (tertiary/aromatic N) is 2. The van der Waals surface area contributed by atoms with Gasteiger partial charge in [-0.2, -0.15) is 0 Å². The second-order valence-corrected chi connectivity index (χ2v) is 11.3. The number of hydrogen-bond donors (Lipinski definition) is 1. The van der Waals surface area contributed by atoms with Crippen LogP contribution >= 0.6 is 0 Å². The first-order valence-corrected chi connectivity index (χ1v) is 13.4. The van der Waals surface area contributed by atoms with Gasteiger partial charge in [-0.1, -0.05) is 6.07 Å². The average Bonchev–Trinajstić information content (AvgIpc) is 3.58. The molecule has 5 heterocycles. The van der Waals surface area contributed by atoms with Gasteiger partial charge in [0.2, 0.25) is 11.8 Å². The van der Waals surface area contributed by atoms with Gasteiger partial charge in [-0.25, -0.2) is 0 Å². The van der Waals surface area contributed by atoms with E-state index in [4.69, 9.17) is 14.2 Å². The van der Waals surface area contributed by atoms with Crippen LogP contribution in [0.5, 0.6) is 5.75 Å². The second-order valence-electron chi connectivity index (χ2n) is 11.3. The molecule has 9 heteroatoms. The van der Waals surface area contributed by atoms with Gasteiger partial charge in [0.25, 0.3) is 5.91 Å². The third kappa shape index (κ3) is 3.43. The SMILES string of the molecule is O=C1CC[C@H](N2Cc3c(ccc4c3OCC43CCN(C4CCC5(CC4)OCCO5)CC3)C2=O)C(=O)N1. The zero-order chi connectivity index (χ0) is 24.5. The molecule has 1 atom stereocenters. The lowest BCUT2D eigenvalue weighted by Gasteiger charge is -2.45. The quantitative estimate of drug-likeness (QED) is 0.626. The number of imide groups is 1. The molecule has 1 aliphatic carbocycles. The summed E-state index contributed by atoms with van der Waals surface area (Å²) in [4.78, 5) is 41.4. The first-order valence-electron chi connectivity index (χ1n) is 13.4. The molecule has 7 rings (SSSR count). The fourth-order valence-corrected chi connectivity index (χ4v) is 7.41. The van der Waals surface area contributed by atoms with E-state index in [1.165, 1.54) is 5.56 Å². The van der Waals surface area contributed by atoms with Crippen LogP contribution in [-0.4, -0.2) is 78.3 Å². The zero-order valence-corrected chi connectivity index (χ0v) is 20.6. The van der Waals surface area contributed by atoms with Gasteiger partial charge in [0.1, 0.15) is 11.8 Å². The molecule has 36 heavy (non-hydrogen) atoms. The maximum absolute atomic E-state index is 13.2. The molecular formula is C27H33N3O6. The number of nitrogens with one attached hydrogen (secondary N) is 1. The highest BCUT2D eigenvalue weighted by molar-refractivity contribution is 6.05. The number of amides is 3. The molecule has 0 radical (unpaired) electrons. The number of likely N-dealkylation sites (tertiary alicyclic amines) is 1. The summed E-state index contributed by atoms with van der Waals surface area (Å²) in [5, 5.41) is 2.38. The van der Waals surface area contributed by atoms with Gasteiger partial charge in [0.15, 0.2) is 5.79 Å². The van der Waals surface area contributed by atoms with E-state index in [-0.39, 0.29) is 35.3 Å². The van der Waals surface area contributed by atoms with Gasteiger partial charge in [-0.05, 0) is 51.3 Å². The number of carbonyl (C=O) groups excluding carboxylic acids is 3. The maximum Gasteiger partial charge on any atom is 0.255 e. The number of rotatable bonds is 2. The summed E-state index contributed by atoms with van der Waals surface area (Å²) in [7, 11) is 0. The summed E-state index contributed by atoms with van der Waals surface area (Å²) in [5.41, 5.74) is 2.73. The van der Waals surface area contributed by atoms with Crippen LogP contribution in [0.1, 0.15) is 72.9 Å². The van der Waals surface area contributed by atoms with Gasteiger partial charge in [-0.3, -0.25) is 19.7 Å². The highest BCUT2D eigenvalue weighted by Gasteiger charge is 2.49. The van der Waals surface area contributed by atoms with Crippen LogP contribution in [0.4, 0.5) is 0 Å². The average molecular weight is 496 g/mol. The van der Waals surface area contributed by atoms with Crippen LogP contribution in [0.3, 0.4) is 0 Å². The van der Waals surface area contributed by atoms with Crippen molar-refractivity contribution in [2.24, 2.45) is 0 Å². The lowest BCUT2D eigenvalue weighted by Crippen LogP contribution is -2.52. The summed E-state index contributed by atoms with van der Waals surface area (Å²) in [6.07, 6.45) is 6.90. The standard InChI is InChI=1S/C27H33N3O6/c31-22-4-3-21(24(32)28-22)30-15-19-18(25(30)33)1-2-20-23(19)34-16-26(20)9-11-29(12-10-26)17-5-7-27(8-6-17)35-13-14-36-27/h1-2,17,21H,3-16H2,(H,28,31,32)/t21-/m0/s1. The maximum atomic E-state index is 13.2. The number of piperidine rings is 2. The molecule has 1 saturated carbocycles. The van der Waals surface area contributed by atoms with Gasteiger partial charge >= 0.3 is 0 Å². The topological polar surface area (TPSA) is 97.4 Å². The monoisotopic (exact) mass is 495 g/mol. The molecule has 3 amide bonds. The summed E-state index contributed by atoms with van der Waals surface area (Å²) < 4.78 is 18.1. The van der Waals surface area contributed by atoms with Crippen LogP contribution in [0.2, 0.25) is 0 Å². The number of fused-ring (bicyclic) bond motifs is 4. The first-order chi connectivity index (χ1) is 17.5. The molecular weight excluding hydrogens is 462 g/mol. The van der Waals surface area contributed by atoms with E-state index in [9.17, 15) is 14.4 Å². The summed E-state index contributed by atoms with van der Waals surface area (Å²) in [5.74, 6) is -0.267. The molecule has 1 aromatic carbocycles. The van der Waals surface area contributed by atoms with Gasteiger partial charge in [0.05, 0.1) is 26.4 Å². The number of carbonyl (C=O) groups is 3. The van der Waals surface area contributed by atoms with Crippen LogP contribution in [0.25, 0.3) is 0 Å². The molecule has 5 aliphatic heterocycles. The normalized spacial score (nSPS) is 29.5. The van der Waals surface area contributed by atoms with E-state index in [0.29, 0.717) is 31.2 Å². The summed E-state index contributed by atoms with van der Waals surface area (Å²) in [6, 6.07) is 3.99. The fourth-order valence-electron chi connectivity index (χ4n) is 7.41. The largest absolute Gasteiger partial charge is 0.492 e. The van der Waals surface area contributed by atoms with Crippen LogP contribution in [-0.2, 0) is 31.0 Å². The Morgan fingerprint density at radius 3 is 2.42 bits per heavy atom. The zero-order valence-electron chi connectivity index (χ0n) is 20.6. The molecule has 0 bridgehead atoms. The third-order valence-corrected chi connectivity index (χ3v) is 9.53. The molecule has 6 aliphatic rings. The van der Waals surface area contributed by atoms with E-state index >= 15 is 0 Å². The van der Waals surface area contributed by atoms with Crippen LogP contribution < -0.4 is 10.1 Å². The highest BCUT2D eigenvalue weighted by Crippen LogP contribution is 2.50. The minimum Gasteiger partial charge on any atom is -0.492 e. The predicted octanol–water partition coefficient (Wildman–Crippen LogP) is 1.86. The fraction of sp³-hybridized carbons (Fsp3) is 0.667. The molecule has 3 saturated heterocycles. The van der Waals surface area contributed by atoms with Crippen molar-refractivity contribution in [2.45, 2.75) is 81.2 Å². The van der Waals surface area contributed by atoms with Crippen LogP contribution in [0.15, 0.2) is 12.1 Å². The summed E-state index contributed by atoms with van der Waals surface area (Å²) in [6.45, 7) is 4.53. The Bertz CT molecular complexity index is 1110. The summed E-state index contributed by atoms with van der Waals surface area (Å²) >= 11 is 0. The molecule has 0 unspecified atom stereocenters. The van der Waals surface area contributed by atoms with Crippen molar-refractivity contribution in [3.05, 3.63) is 28.8 Å². The Kier molecular flexibility index (Phi) is 5.21. The molecule has 1 N–H and O–H groups in total. The van der Waals surface area contributed by atoms with E-state index in [2.05, 4.69) is 16.3 Å². The van der Waals surface area contributed by atoms with E-state index in [1.54, 1.807) is 4.90 Å². The molecule has 9 nitrogen and oxygen atoms in total. The smallest absolute Gasteiger partial charge is 0.255 e. The lowest BCUT2D eigenvalue weighted by atomic mass is 9.73. The Labute approximate surface area is 210 Å². The lowest BCUT2D eigenvalue weighted by molar-refractivity contribution is -0.184. The van der Waals surface area contributed by atoms with Crippen molar-refractivity contribution in [2.75, 3.05) is 32.9 Å². The van der Waals surface area contributed by atoms with Crippen LogP contribution in [0, 0.1) is 0 Å². The number of ether oxygens (including phenoxy) is 3. The molecule has 2 spiro atoms. The van der Waals surface area contributed by atoms with Gasteiger partial charge < -0.3 is 24.0 Å². The molecule has 4 fully saturated rings. The van der Waals surface area contributed by atoms with E-state index in [1.807, 2.05) is 6.07 Å². The van der Waals surface area contributed by atoms with Crippen molar-refractivity contribution >= 4 is 17.7 Å². The van der Waals surface area contributed by atoms with Crippen molar-refractivity contribution in [3.8, 4) is 5.75 Å². The second kappa shape index (κ2) is 8.26. The van der Waals surface area contributed by atoms with Crippen molar-refractivity contribution in [1.29, 1.82) is 0 Å². The molecule has 1 aromatic rings. The Morgan fingerprint density at radius 1 is 0.944 bits per heavy atom. The van der Waals surface area contributed by atoms with Crippen molar-refractivity contribution in [3.63, 3.8) is 0 Å². The van der Waals surface area contributed by atoms with Crippen molar-refractivity contribution < 1.29 is 28.6 Å². The third-order valence-electron chi connectivity index (χ3n) is 9.53. The van der Waals surface area contributed by atoms with E-state index in [0.717, 1.165) is 76.1 Å².